The molecule has 3 aliphatic heterocycles. The van der Waals surface area contributed by atoms with Crippen LogP contribution < -0.4 is 10.6 Å². The predicted octanol–water partition coefficient (Wildman–Crippen LogP) is 3.17. The molecule has 18 unspecified atom stereocenters. The zero-order chi connectivity index (χ0) is 60.5. The van der Waals surface area contributed by atoms with Crippen LogP contribution in [0.4, 0.5) is 0 Å². The van der Waals surface area contributed by atoms with Gasteiger partial charge in [-0.05, 0) is 32.1 Å². The fourth-order valence-corrected chi connectivity index (χ4v) is 11.0. The summed E-state index contributed by atoms with van der Waals surface area (Å²) < 4.78 is 34.7. The molecule has 0 aliphatic carbocycles. The van der Waals surface area contributed by atoms with Crippen molar-refractivity contribution in [3.05, 3.63) is 12.2 Å². The number of hydrogen-bond donors (Lipinski definition) is 14. The van der Waals surface area contributed by atoms with Crippen LogP contribution in [-0.4, -0.2) is 215 Å². The Labute approximate surface area is 486 Å². The maximum absolute atomic E-state index is 13.3. The largest absolute Gasteiger partial charge is 0.477 e. The molecule has 2 amide bonds. The summed E-state index contributed by atoms with van der Waals surface area (Å²) in [5.41, 5.74) is 0. The van der Waals surface area contributed by atoms with Gasteiger partial charge in [0.2, 0.25) is 11.8 Å². The summed E-state index contributed by atoms with van der Waals surface area (Å²) in [5.74, 6) is -6.14. The molecule has 3 heterocycles. The summed E-state index contributed by atoms with van der Waals surface area (Å²) in [6.45, 7) is 2.11. The van der Waals surface area contributed by atoms with Crippen LogP contribution in [0.25, 0.3) is 0 Å². The second kappa shape index (κ2) is 41.5. The van der Waals surface area contributed by atoms with Crippen LogP contribution in [0.15, 0.2) is 12.2 Å². The highest BCUT2D eigenvalue weighted by atomic mass is 16.8. The van der Waals surface area contributed by atoms with Gasteiger partial charge in [-0.3, -0.25) is 9.59 Å². The lowest BCUT2D eigenvalue weighted by atomic mass is 9.88. The van der Waals surface area contributed by atoms with E-state index in [9.17, 15) is 75.7 Å². The molecule has 0 aromatic rings. The number of rotatable bonds is 45. The van der Waals surface area contributed by atoms with Gasteiger partial charge in [0.05, 0.1) is 50.7 Å². The molecule has 0 spiro atoms. The number of unbranched alkanes of at least 4 members (excludes halogenated alkanes) is 23. The number of hydrogen-bond acceptors (Lipinski definition) is 20. The molecule has 480 valence electrons. The molecule has 0 saturated carbocycles. The highest BCUT2D eigenvalue weighted by molar-refractivity contribution is 5.77. The van der Waals surface area contributed by atoms with Gasteiger partial charge < -0.3 is 100 Å². The van der Waals surface area contributed by atoms with Crippen molar-refractivity contribution < 1.29 is 104 Å². The summed E-state index contributed by atoms with van der Waals surface area (Å²) in [7, 11) is 0. The molecular formula is C59H108N2O21. The number of nitrogens with one attached hydrogen (secondary N) is 2. The third kappa shape index (κ3) is 25.4. The van der Waals surface area contributed by atoms with Crippen LogP contribution in [0.1, 0.15) is 207 Å². The van der Waals surface area contributed by atoms with Gasteiger partial charge in [0.25, 0.3) is 5.79 Å². The van der Waals surface area contributed by atoms with Crippen LogP contribution in [-0.2, 0) is 42.8 Å². The van der Waals surface area contributed by atoms with Crippen molar-refractivity contribution >= 4 is 17.8 Å². The molecule has 23 heteroatoms. The first kappa shape index (κ1) is 73.7. The van der Waals surface area contributed by atoms with Crippen molar-refractivity contribution in [2.45, 2.75) is 317 Å². The lowest BCUT2D eigenvalue weighted by Gasteiger charge is -2.50. The molecule has 0 aromatic carbocycles. The number of allylic oxidation sites excluding steroid dienone is 2. The van der Waals surface area contributed by atoms with Crippen LogP contribution in [0.3, 0.4) is 0 Å². The Balaban J connectivity index is 1.63. The van der Waals surface area contributed by atoms with Gasteiger partial charge in [0.1, 0.15) is 67.1 Å². The topological polar surface area (TPSA) is 373 Å². The molecule has 0 radical (unpaired) electrons. The van der Waals surface area contributed by atoms with Crippen molar-refractivity contribution in [3.8, 4) is 0 Å². The molecule has 3 aliphatic rings. The number of aliphatic carboxylic acids is 1. The van der Waals surface area contributed by atoms with E-state index in [0.717, 1.165) is 51.9 Å². The van der Waals surface area contributed by atoms with Crippen LogP contribution in [0, 0.1) is 0 Å². The zero-order valence-electron chi connectivity index (χ0n) is 49.3. The minimum atomic E-state index is -3.08. The average Bonchev–Trinajstić information content (AvgIpc) is 3.46. The van der Waals surface area contributed by atoms with E-state index >= 15 is 0 Å². The molecular weight excluding hydrogens is 1070 g/mol. The van der Waals surface area contributed by atoms with E-state index < -0.39 is 148 Å². The van der Waals surface area contributed by atoms with Crippen molar-refractivity contribution in [3.63, 3.8) is 0 Å². The van der Waals surface area contributed by atoms with E-state index in [1.807, 2.05) is 0 Å². The number of aliphatic hydroxyl groups is 11. The Bertz CT molecular complexity index is 1740. The number of carbonyl (C=O) groups excluding carboxylic acids is 2. The summed E-state index contributed by atoms with van der Waals surface area (Å²) >= 11 is 0. The number of carboxylic acid groups (broad SMARTS) is 1. The number of carbonyl (C=O) groups is 3. The molecule has 23 nitrogen and oxygen atoms in total. The molecule has 0 aromatic heterocycles. The Morgan fingerprint density at radius 2 is 1.13 bits per heavy atom. The van der Waals surface area contributed by atoms with Gasteiger partial charge in [-0.2, -0.15) is 0 Å². The highest BCUT2D eigenvalue weighted by Crippen LogP contribution is 2.38. The SMILES string of the molecule is CCCCCC/C=C\CCCC(=O)NC(COC1OC(CO)C(OC2OC(CO)C(O)C(OC3(C(=O)O)CC(O)C(NC(C)=O)C(C(O)C(O)CO)O3)C2O)C(O)C1O)C(O)CCCCCCCCCCCCCCCCCCCCC. The maximum Gasteiger partial charge on any atom is 0.364 e. The third-order valence-corrected chi connectivity index (χ3v) is 16.0. The van der Waals surface area contributed by atoms with E-state index in [-0.39, 0.29) is 18.9 Å². The molecule has 3 saturated heterocycles. The van der Waals surface area contributed by atoms with Crippen LogP contribution in [0.5, 0.6) is 0 Å². The van der Waals surface area contributed by atoms with E-state index in [4.69, 9.17) is 28.4 Å². The van der Waals surface area contributed by atoms with Gasteiger partial charge >= 0.3 is 5.97 Å². The van der Waals surface area contributed by atoms with Crippen molar-refractivity contribution in [1.29, 1.82) is 0 Å². The molecule has 14 N–H and O–H groups in total. The quantitative estimate of drug-likeness (QED) is 0.0307. The Hall–Kier alpha value is -2.53. The predicted molar refractivity (Wildman–Crippen MR) is 301 cm³/mol. The minimum Gasteiger partial charge on any atom is -0.477 e. The van der Waals surface area contributed by atoms with Gasteiger partial charge in [-0.1, -0.05) is 167 Å². The van der Waals surface area contributed by atoms with Crippen molar-refractivity contribution in [2.24, 2.45) is 0 Å². The summed E-state index contributed by atoms with van der Waals surface area (Å²) in [5, 5.41) is 135. The first-order valence-corrected chi connectivity index (χ1v) is 31.0. The fourth-order valence-electron chi connectivity index (χ4n) is 11.0. The van der Waals surface area contributed by atoms with E-state index in [1.165, 1.54) is 103 Å². The monoisotopic (exact) mass is 1180 g/mol. The number of aliphatic hydroxyl groups excluding tert-OH is 11. The second-order valence-electron chi connectivity index (χ2n) is 22.9. The Morgan fingerprint density at radius 1 is 0.622 bits per heavy atom. The van der Waals surface area contributed by atoms with Gasteiger partial charge in [-0.15, -0.1) is 0 Å². The number of amides is 2. The number of ether oxygens (including phenoxy) is 6. The number of carboxylic acids is 1. The lowest BCUT2D eigenvalue weighted by molar-refractivity contribution is -0.386. The first-order valence-electron chi connectivity index (χ1n) is 31.0. The first-order chi connectivity index (χ1) is 39.4. The standard InChI is InChI=1S/C59H108N2O21/c1-4-6-8-10-12-14-15-16-17-18-19-20-21-22-23-25-26-28-30-32-41(66)40(61-46(69)33-31-29-27-24-13-11-9-7-5-2)38-77-56-51(73)50(72)53(45(37-64)79-56)80-57-52(74)55(49(71)44(36-63)78-57)82-59(58(75)76)34-42(67)47(60-39(3)65)54(81-59)48(70)43(68)35-62/h24,27,40-45,47-57,62-64,66-68,70-74H,4-23,25-26,28-38H2,1-3H3,(H,60,65)(H,61,69)(H,75,76)/b27-24-. The smallest absolute Gasteiger partial charge is 0.364 e. The lowest BCUT2D eigenvalue weighted by Crippen LogP contribution is -2.70. The molecule has 18 atom stereocenters. The zero-order valence-corrected chi connectivity index (χ0v) is 49.3. The fraction of sp³-hybridized carbons (Fsp3) is 0.915. The molecule has 3 fully saturated rings. The van der Waals surface area contributed by atoms with Gasteiger partial charge in [0, 0.05) is 19.8 Å². The van der Waals surface area contributed by atoms with Gasteiger partial charge in [-0.25, -0.2) is 4.79 Å². The van der Waals surface area contributed by atoms with E-state index in [2.05, 4.69) is 36.6 Å². The Morgan fingerprint density at radius 3 is 1.65 bits per heavy atom. The normalized spacial score (nSPS) is 30.2. The van der Waals surface area contributed by atoms with Crippen molar-refractivity contribution in [1.82, 2.24) is 10.6 Å². The third-order valence-electron chi connectivity index (χ3n) is 16.0. The van der Waals surface area contributed by atoms with E-state index in [0.29, 0.717) is 25.7 Å². The molecule has 3 rings (SSSR count). The van der Waals surface area contributed by atoms with Crippen molar-refractivity contribution in [2.75, 3.05) is 26.4 Å². The second-order valence-corrected chi connectivity index (χ2v) is 22.9. The summed E-state index contributed by atoms with van der Waals surface area (Å²) in [4.78, 5) is 38.3. The van der Waals surface area contributed by atoms with E-state index in [1.54, 1.807) is 0 Å². The summed E-state index contributed by atoms with van der Waals surface area (Å²) in [6, 6.07) is -2.54. The maximum atomic E-state index is 13.3. The molecule has 0 bridgehead atoms. The molecule has 82 heavy (non-hydrogen) atoms. The van der Waals surface area contributed by atoms with Crippen LogP contribution >= 0.6 is 0 Å². The summed E-state index contributed by atoms with van der Waals surface area (Å²) in [6.07, 6.45) is 5.54. The highest BCUT2D eigenvalue weighted by Gasteiger charge is 2.60. The minimum absolute atomic E-state index is 0.175. The van der Waals surface area contributed by atoms with Gasteiger partial charge in [0.15, 0.2) is 12.6 Å². The van der Waals surface area contributed by atoms with Crippen LogP contribution in [0.2, 0.25) is 0 Å². The average molecular weight is 1180 g/mol. The Kier molecular flexibility index (Phi) is 37.4.